The third kappa shape index (κ3) is 11.7. The lowest BCUT2D eigenvalue weighted by molar-refractivity contribution is -0.117. The summed E-state index contributed by atoms with van der Waals surface area (Å²) < 4.78 is 11.2. The van der Waals surface area contributed by atoms with Crippen LogP contribution in [0.1, 0.15) is 78.1 Å². The maximum absolute atomic E-state index is 12.2. The van der Waals surface area contributed by atoms with E-state index >= 15 is 0 Å². The molecule has 2 aromatic carbocycles. The molecular weight excluding hydrogens is 428 g/mol. The summed E-state index contributed by atoms with van der Waals surface area (Å²) in [4.78, 5) is 24.3. The van der Waals surface area contributed by atoms with Crippen molar-refractivity contribution in [2.75, 3.05) is 23.8 Å². The molecule has 0 aliphatic carbocycles. The minimum absolute atomic E-state index is 0.0356. The lowest BCUT2D eigenvalue weighted by Crippen LogP contribution is -2.11. The Morgan fingerprint density at radius 2 is 1.06 bits per heavy atom. The number of rotatable bonds is 17. The number of amides is 2. The molecule has 0 saturated heterocycles. The van der Waals surface area contributed by atoms with E-state index < -0.39 is 0 Å². The largest absolute Gasteiger partial charge is 0.494 e. The van der Waals surface area contributed by atoms with Gasteiger partial charge in [0.25, 0.3) is 0 Å². The van der Waals surface area contributed by atoms with Gasteiger partial charge in [-0.2, -0.15) is 0 Å². The highest BCUT2D eigenvalue weighted by molar-refractivity contribution is 5.91. The summed E-state index contributed by atoms with van der Waals surface area (Å²) in [6.07, 6.45) is 8.86. The zero-order valence-electron chi connectivity index (χ0n) is 20.7. The molecule has 0 aliphatic rings. The van der Waals surface area contributed by atoms with Gasteiger partial charge in [0.2, 0.25) is 11.8 Å². The molecule has 0 aliphatic heterocycles. The summed E-state index contributed by atoms with van der Waals surface area (Å²) in [5, 5.41) is 5.89. The molecule has 0 bridgehead atoms. The summed E-state index contributed by atoms with van der Waals surface area (Å²) in [6.45, 7) is 5.47. The van der Waals surface area contributed by atoms with E-state index in [2.05, 4.69) is 24.5 Å². The van der Waals surface area contributed by atoms with E-state index in [1.165, 1.54) is 0 Å². The zero-order valence-corrected chi connectivity index (χ0v) is 20.7. The summed E-state index contributed by atoms with van der Waals surface area (Å²) in [7, 11) is 0. The fourth-order valence-electron chi connectivity index (χ4n) is 3.49. The molecule has 0 aromatic heterocycles. The molecule has 2 rings (SSSR count). The molecule has 2 N–H and O–H groups in total. The highest BCUT2D eigenvalue weighted by Crippen LogP contribution is 2.19. The van der Waals surface area contributed by atoms with Gasteiger partial charge >= 0.3 is 0 Å². The Morgan fingerprint density at radius 3 is 1.47 bits per heavy atom. The van der Waals surface area contributed by atoms with E-state index in [1.807, 2.05) is 48.5 Å². The van der Waals surface area contributed by atoms with Crippen LogP contribution >= 0.6 is 0 Å². The molecule has 0 unspecified atom stereocenters. The number of ether oxygens (including phenoxy) is 2. The first-order valence-electron chi connectivity index (χ1n) is 12.7. The minimum atomic E-state index is 0.0356. The Balaban J connectivity index is 1.51. The maximum Gasteiger partial charge on any atom is 0.224 e. The van der Waals surface area contributed by atoms with E-state index in [0.717, 1.165) is 74.2 Å². The standard InChI is InChI=1S/C28H40N2O4/c1-3-19-33-25-15-11-13-23(21-25)29-27(31)17-9-7-5-6-8-10-18-28(32)30-24-14-12-16-26(22-24)34-20-4-2/h11-16,21-22H,3-10,17-20H2,1-2H3,(H,29,31)(H,30,32). The molecule has 186 valence electrons. The van der Waals surface area contributed by atoms with Gasteiger partial charge in [0.15, 0.2) is 0 Å². The molecular formula is C28H40N2O4. The number of hydrogen-bond donors (Lipinski definition) is 2. The van der Waals surface area contributed by atoms with Crippen molar-refractivity contribution >= 4 is 23.2 Å². The smallest absolute Gasteiger partial charge is 0.224 e. The summed E-state index contributed by atoms with van der Waals surface area (Å²) in [6, 6.07) is 15.1. The van der Waals surface area contributed by atoms with Crippen molar-refractivity contribution in [3.63, 3.8) is 0 Å². The molecule has 0 fully saturated rings. The summed E-state index contributed by atoms with van der Waals surface area (Å²) in [5.74, 6) is 1.63. The van der Waals surface area contributed by atoms with Crippen LogP contribution < -0.4 is 20.1 Å². The highest BCUT2D eigenvalue weighted by atomic mass is 16.5. The number of unbranched alkanes of at least 4 members (excludes halogenated alkanes) is 5. The Morgan fingerprint density at radius 1 is 0.647 bits per heavy atom. The molecule has 6 heteroatoms. The van der Waals surface area contributed by atoms with E-state index in [9.17, 15) is 9.59 Å². The van der Waals surface area contributed by atoms with Gasteiger partial charge in [-0.05, 0) is 49.9 Å². The van der Waals surface area contributed by atoms with Gasteiger partial charge < -0.3 is 20.1 Å². The predicted octanol–water partition coefficient (Wildman–Crippen LogP) is 6.96. The molecule has 2 amide bonds. The van der Waals surface area contributed by atoms with Crippen LogP contribution in [0.5, 0.6) is 11.5 Å². The fourth-order valence-corrected chi connectivity index (χ4v) is 3.49. The van der Waals surface area contributed by atoms with Crippen molar-refractivity contribution in [2.45, 2.75) is 78.1 Å². The third-order valence-corrected chi connectivity index (χ3v) is 5.24. The summed E-state index contributed by atoms with van der Waals surface area (Å²) in [5.41, 5.74) is 1.55. The van der Waals surface area contributed by atoms with Gasteiger partial charge in [-0.15, -0.1) is 0 Å². The summed E-state index contributed by atoms with van der Waals surface area (Å²) >= 11 is 0. The number of benzene rings is 2. The number of anilines is 2. The number of carbonyl (C=O) groups excluding carboxylic acids is 2. The van der Waals surface area contributed by atoms with Crippen LogP contribution in [0, 0.1) is 0 Å². The van der Waals surface area contributed by atoms with Gasteiger partial charge in [-0.25, -0.2) is 0 Å². The lowest BCUT2D eigenvalue weighted by Gasteiger charge is -2.09. The first-order chi connectivity index (χ1) is 16.6. The SMILES string of the molecule is CCCOc1cccc(NC(=O)CCCCCCCCC(=O)Nc2cccc(OCCC)c2)c1. The Bertz CT molecular complexity index is 797. The first-order valence-corrected chi connectivity index (χ1v) is 12.7. The molecule has 0 radical (unpaired) electrons. The van der Waals surface area contributed by atoms with Gasteiger partial charge in [0, 0.05) is 36.3 Å². The molecule has 2 aromatic rings. The second-order valence-corrected chi connectivity index (χ2v) is 8.47. The molecule has 0 atom stereocenters. The van der Waals surface area contributed by atoms with Gasteiger partial charge in [0.1, 0.15) is 11.5 Å². The van der Waals surface area contributed by atoms with E-state index in [1.54, 1.807) is 0 Å². The van der Waals surface area contributed by atoms with Crippen molar-refractivity contribution < 1.29 is 19.1 Å². The fraction of sp³-hybridized carbons (Fsp3) is 0.500. The second kappa shape index (κ2) is 16.6. The third-order valence-electron chi connectivity index (χ3n) is 5.24. The van der Waals surface area contributed by atoms with Crippen LogP contribution in [0.3, 0.4) is 0 Å². The first kappa shape index (κ1) is 27.2. The van der Waals surface area contributed by atoms with Crippen molar-refractivity contribution in [2.24, 2.45) is 0 Å². The van der Waals surface area contributed by atoms with E-state index in [4.69, 9.17) is 9.47 Å². The molecule has 0 saturated carbocycles. The average Bonchev–Trinajstić information content (AvgIpc) is 2.83. The quantitative estimate of drug-likeness (QED) is 0.246. The van der Waals surface area contributed by atoms with Crippen molar-refractivity contribution in [3.05, 3.63) is 48.5 Å². The van der Waals surface area contributed by atoms with Gasteiger partial charge in [-0.1, -0.05) is 51.7 Å². The Hall–Kier alpha value is -3.02. The molecule has 0 heterocycles. The van der Waals surface area contributed by atoms with Crippen LogP contribution in [-0.4, -0.2) is 25.0 Å². The Labute approximate surface area is 204 Å². The Kier molecular flexibility index (Phi) is 13.3. The normalized spacial score (nSPS) is 10.5. The number of nitrogens with one attached hydrogen (secondary N) is 2. The highest BCUT2D eigenvalue weighted by Gasteiger charge is 2.05. The maximum atomic E-state index is 12.2. The predicted molar refractivity (Wildman–Crippen MR) is 139 cm³/mol. The van der Waals surface area contributed by atoms with Crippen LogP contribution in [-0.2, 0) is 9.59 Å². The van der Waals surface area contributed by atoms with E-state index in [0.29, 0.717) is 26.1 Å². The van der Waals surface area contributed by atoms with Gasteiger partial charge in [-0.3, -0.25) is 9.59 Å². The molecule has 6 nitrogen and oxygen atoms in total. The van der Waals surface area contributed by atoms with Gasteiger partial charge in [0.05, 0.1) is 13.2 Å². The topological polar surface area (TPSA) is 76.7 Å². The zero-order chi connectivity index (χ0) is 24.4. The number of hydrogen-bond acceptors (Lipinski definition) is 4. The average molecular weight is 469 g/mol. The van der Waals surface area contributed by atoms with Crippen molar-refractivity contribution in [1.82, 2.24) is 0 Å². The van der Waals surface area contributed by atoms with Crippen molar-refractivity contribution in [3.8, 4) is 11.5 Å². The minimum Gasteiger partial charge on any atom is -0.494 e. The van der Waals surface area contributed by atoms with Crippen molar-refractivity contribution in [1.29, 1.82) is 0 Å². The van der Waals surface area contributed by atoms with Crippen LogP contribution in [0.15, 0.2) is 48.5 Å². The van der Waals surface area contributed by atoms with E-state index in [-0.39, 0.29) is 11.8 Å². The monoisotopic (exact) mass is 468 g/mol. The number of carbonyl (C=O) groups is 2. The molecule has 0 spiro atoms. The lowest BCUT2D eigenvalue weighted by atomic mass is 10.1. The second-order valence-electron chi connectivity index (χ2n) is 8.47. The van der Waals surface area contributed by atoms with Crippen LogP contribution in [0.2, 0.25) is 0 Å². The molecule has 34 heavy (non-hydrogen) atoms. The van der Waals surface area contributed by atoms with Crippen LogP contribution in [0.4, 0.5) is 11.4 Å². The van der Waals surface area contributed by atoms with Crippen LogP contribution in [0.25, 0.3) is 0 Å².